The molecule has 4 rings (SSSR count). The number of hydrogen-bond acceptors (Lipinski definition) is 4. The lowest BCUT2D eigenvalue weighted by molar-refractivity contribution is -0.141. The van der Waals surface area contributed by atoms with Gasteiger partial charge in [0.05, 0.1) is 0 Å². The van der Waals surface area contributed by atoms with Gasteiger partial charge in [0.15, 0.2) is 0 Å². The first-order chi connectivity index (χ1) is 11.8. The number of amides is 1. The summed E-state index contributed by atoms with van der Waals surface area (Å²) in [6, 6.07) is 9.73. The van der Waals surface area contributed by atoms with Crippen LogP contribution in [0.2, 0.25) is 0 Å². The van der Waals surface area contributed by atoms with E-state index in [1.54, 1.807) is 0 Å². The summed E-state index contributed by atoms with van der Waals surface area (Å²) in [6.45, 7) is 0.809. The minimum Gasteiger partial charge on any atom is -0.418 e. The molecule has 24 heavy (non-hydrogen) atoms. The van der Waals surface area contributed by atoms with Gasteiger partial charge in [-0.15, -0.1) is 10.2 Å². The minimum absolute atomic E-state index is 0.0643. The normalized spacial score (nSPS) is 22.0. The zero-order chi connectivity index (χ0) is 16.4. The largest absolute Gasteiger partial charge is 0.418 e. The Morgan fingerprint density at radius 3 is 2.58 bits per heavy atom. The fraction of sp³-hybridized carbons (Fsp3) is 0.526. The second kappa shape index (κ2) is 6.75. The van der Waals surface area contributed by atoms with Crippen molar-refractivity contribution < 1.29 is 9.21 Å². The molecule has 2 aromatic rings. The second-order valence-corrected chi connectivity index (χ2v) is 6.84. The van der Waals surface area contributed by atoms with Gasteiger partial charge < -0.3 is 9.32 Å². The zero-order valence-corrected chi connectivity index (χ0v) is 13.9. The predicted molar refractivity (Wildman–Crippen MR) is 90.0 cm³/mol. The first-order valence-electron chi connectivity index (χ1n) is 9.02. The van der Waals surface area contributed by atoms with Crippen molar-refractivity contribution in [2.24, 2.45) is 5.92 Å². The van der Waals surface area contributed by atoms with Crippen LogP contribution < -0.4 is 0 Å². The van der Waals surface area contributed by atoms with Gasteiger partial charge in [-0.2, -0.15) is 0 Å². The third kappa shape index (κ3) is 2.95. The van der Waals surface area contributed by atoms with Crippen molar-refractivity contribution in [3.63, 3.8) is 0 Å². The molecule has 0 radical (unpaired) electrons. The maximum absolute atomic E-state index is 12.8. The molecule has 1 saturated carbocycles. The van der Waals surface area contributed by atoms with Crippen molar-refractivity contribution >= 4 is 5.91 Å². The van der Waals surface area contributed by atoms with Gasteiger partial charge in [0.1, 0.15) is 6.04 Å². The van der Waals surface area contributed by atoms with Gasteiger partial charge in [0, 0.05) is 18.0 Å². The van der Waals surface area contributed by atoms with Crippen LogP contribution in [0.25, 0.3) is 11.5 Å². The molecule has 126 valence electrons. The number of aromatic nitrogens is 2. The highest BCUT2D eigenvalue weighted by atomic mass is 16.4. The summed E-state index contributed by atoms with van der Waals surface area (Å²) < 4.78 is 5.96. The Morgan fingerprint density at radius 1 is 1.00 bits per heavy atom. The third-order valence-corrected chi connectivity index (χ3v) is 5.24. The van der Waals surface area contributed by atoms with Crippen molar-refractivity contribution in [3.05, 3.63) is 36.2 Å². The first kappa shape index (κ1) is 15.4. The Balaban J connectivity index is 1.59. The summed E-state index contributed by atoms with van der Waals surface area (Å²) in [7, 11) is 0. The molecule has 2 fully saturated rings. The summed E-state index contributed by atoms with van der Waals surface area (Å²) in [5.74, 6) is 1.61. The number of carbonyl (C=O) groups is 1. The molecular weight excluding hydrogens is 302 g/mol. The zero-order valence-electron chi connectivity index (χ0n) is 13.9. The summed E-state index contributed by atoms with van der Waals surface area (Å²) >= 11 is 0. The number of rotatable bonds is 3. The second-order valence-electron chi connectivity index (χ2n) is 6.84. The third-order valence-electron chi connectivity index (χ3n) is 5.24. The van der Waals surface area contributed by atoms with Gasteiger partial charge in [-0.25, -0.2) is 0 Å². The first-order valence-corrected chi connectivity index (χ1v) is 9.02. The van der Waals surface area contributed by atoms with Crippen LogP contribution in [-0.4, -0.2) is 27.5 Å². The highest BCUT2D eigenvalue weighted by molar-refractivity contribution is 5.80. The topological polar surface area (TPSA) is 59.2 Å². The average molecular weight is 325 g/mol. The van der Waals surface area contributed by atoms with Crippen LogP contribution in [0.1, 0.15) is 56.9 Å². The standard InChI is InChI=1S/C19H23N3O2/c23-19(15-10-7-11-15)22-13-6-2-5-12-16(22)18-21-20-17(24-18)14-8-3-1-4-9-14/h1,3-4,8-9,15-16H,2,5-7,10-13H2. The van der Waals surface area contributed by atoms with Gasteiger partial charge in [-0.3, -0.25) is 4.79 Å². The summed E-state index contributed by atoms with van der Waals surface area (Å²) in [5, 5.41) is 8.49. The molecule has 5 heteroatoms. The lowest BCUT2D eigenvalue weighted by Crippen LogP contribution is -2.41. The molecule has 1 aromatic heterocycles. The Kier molecular flexibility index (Phi) is 4.32. The smallest absolute Gasteiger partial charge is 0.247 e. The maximum atomic E-state index is 12.8. The predicted octanol–water partition coefficient (Wildman–Crippen LogP) is 3.98. The Labute approximate surface area is 142 Å². The van der Waals surface area contributed by atoms with Crippen LogP contribution >= 0.6 is 0 Å². The number of benzene rings is 1. The molecule has 2 heterocycles. The highest BCUT2D eigenvalue weighted by Crippen LogP contribution is 2.36. The molecule has 1 saturated heterocycles. The average Bonchev–Trinajstić information content (AvgIpc) is 2.92. The summed E-state index contributed by atoms with van der Waals surface area (Å²) in [5.41, 5.74) is 0.918. The lowest BCUT2D eigenvalue weighted by Gasteiger charge is -2.34. The molecule has 5 nitrogen and oxygen atoms in total. The van der Waals surface area contributed by atoms with Crippen molar-refractivity contribution in [2.75, 3.05) is 6.54 Å². The molecule has 0 spiro atoms. The van der Waals surface area contributed by atoms with E-state index in [0.29, 0.717) is 11.8 Å². The van der Waals surface area contributed by atoms with Crippen LogP contribution in [0.3, 0.4) is 0 Å². The van der Waals surface area contributed by atoms with E-state index in [0.717, 1.165) is 50.6 Å². The van der Waals surface area contributed by atoms with E-state index < -0.39 is 0 Å². The van der Waals surface area contributed by atoms with Crippen molar-refractivity contribution in [1.29, 1.82) is 0 Å². The van der Waals surface area contributed by atoms with E-state index in [2.05, 4.69) is 10.2 Å². The summed E-state index contributed by atoms with van der Waals surface area (Å²) in [4.78, 5) is 14.8. The lowest BCUT2D eigenvalue weighted by atomic mass is 9.84. The van der Waals surface area contributed by atoms with Gasteiger partial charge >= 0.3 is 0 Å². The van der Waals surface area contributed by atoms with Crippen molar-refractivity contribution in [3.8, 4) is 11.5 Å². The molecule has 2 aliphatic rings. The number of nitrogens with zero attached hydrogens (tertiary/aromatic N) is 3. The number of hydrogen-bond donors (Lipinski definition) is 0. The molecule has 0 bridgehead atoms. The fourth-order valence-electron chi connectivity index (χ4n) is 3.59. The van der Waals surface area contributed by atoms with Crippen LogP contribution in [-0.2, 0) is 4.79 Å². The number of likely N-dealkylation sites (tertiary alicyclic amines) is 1. The van der Waals surface area contributed by atoms with Gasteiger partial charge in [0.2, 0.25) is 17.7 Å². The summed E-state index contributed by atoms with van der Waals surface area (Å²) in [6.07, 6.45) is 7.46. The molecule has 1 atom stereocenters. The van der Waals surface area contributed by atoms with E-state index in [1.165, 1.54) is 6.42 Å². The SMILES string of the molecule is O=C(C1CCC1)N1CCCCCC1c1nnc(-c2ccccc2)o1. The van der Waals surface area contributed by atoms with E-state index >= 15 is 0 Å². The van der Waals surface area contributed by atoms with Crippen LogP contribution in [0.15, 0.2) is 34.7 Å². The molecule has 1 aromatic carbocycles. The van der Waals surface area contributed by atoms with E-state index in [1.807, 2.05) is 35.2 Å². The monoisotopic (exact) mass is 325 g/mol. The maximum Gasteiger partial charge on any atom is 0.247 e. The molecular formula is C19H23N3O2. The molecule has 1 unspecified atom stereocenters. The quantitative estimate of drug-likeness (QED) is 0.856. The Bertz CT molecular complexity index is 694. The Hall–Kier alpha value is -2.17. The van der Waals surface area contributed by atoms with Crippen LogP contribution in [0, 0.1) is 5.92 Å². The van der Waals surface area contributed by atoms with Crippen molar-refractivity contribution in [1.82, 2.24) is 15.1 Å². The van der Waals surface area contributed by atoms with Crippen LogP contribution in [0.4, 0.5) is 0 Å². The van der Waals surface area contributed by atoms with Crippen LogP contribution in [0.5, 0.6) is 0 Å². The highest BCUT2D eigenvalue weighted by Gasteiger charge is 2.36. The van der Waals surface area contributed by atoms with Gasteiger partial charge in [-0.05, 0) is 37.8 Å². The van der Waals surface area contributed by atoms with Gasteiger partial charge in [0.25, 0.3) is 0 Å². The Morgan fingerprint density at radius 2 is 1.83 bits per heavy atom. The van der Waals surface area contributed by atoms with E-state index in [9.17, 15) is 4.79 Å². The van der Waals surface area contributed by atoms with Crippen molar-refractivity contribution in [2.45, 2.75) is 51.0 Å². The minimum atomic E-state index is -0.0643. The molecule has 1 aliphatic heterocycles. The van der Waals surface area contributed by atoms with E-state index in [4.69, 9.17) is 4.42 Å². The fourth-order valence-corrected chi connectivity index (χ4v) is 3.59. The van der Waals surface area contributed by atoms with E-state index in [-0.39, 0.29) is 17.9 Å². The van der Waals surface area contributed by atoms with Gasteiger partial charge in [-0.1, -0.05) is 37.5 Å². The number of carbonyl (C=O) groups excluding carboxylic acids is 1. The molecule has 1 aliphatic carbocycles. The molecule has 0 N–H and O–H groups in total. The molecule has 1 amide bonds.